The molecule has 3 aromatic rings. The van der Waals surface area contributed by atoms with Crippen LogP contribution in [-0.4, -0.2) is 77.7 Å². The summed E-state index contributed by atoms with van der Waals surface area (Å²) in [6.07, 6.45) is 7.15. The number of anilines is 1. The van der Waals surface area contributed by atoms with Crippen molar-refractivity contribution in [2.24, 2.45) is 5.92 Å². The first kappa shape index (κ1) is 23.5. The molecule has 1 amide bonds. The highest BCUT2D eigenvalue weighted by molar-refractivity contribution is 5.82. The van der Waals surface area contributed by atoms with Gasteiger partial charge in [0.05, 0.1) is 11.2 Å². The molecule has 0 N–H and O–H groups in total. The predicted octanol–water partition coefficient (Wildman–Crippen LogP) is 4.02. The topological polar surface area (TPSA) is 53.3 Å². The lowest BCUT2D eigenvalue weighted by molar-refractivity contribution is -0.132. The van der Waals surface area contributed by atoms with Gasteiger partial charge in [0.2, 0.25) is 5.91 Å². The van der Waals surface area contributed by atoms with Crippen molar-refractivity contribution in [3.8, 4) is 11.1 Å². The summed E-state index contributed by atoms with van der Waals surface area (Å²) >= 11 is 0. The van der Waals surface area contributed by atoms with E-state index in [4.69, 9.17) is 4.74 Å². The third-order valence-electron chi connectivity index (χ3n) is 8.47. The van der Waals surface area contributed by atoms with Gasteiger partial charge in [-0.2, -0.15) is 5.10 Å². The van der Waals surface area contributed by atoms with Gasteiger partial charge in [-0.15, -0.1) is 0 Å². The standard InChI is InChI=1S/C29H37N5O2/c1-21(2)33-13-11-29(20-33,36-3)25-8-6-22(7-9-25)24-18-27-26(10-12-30-34(27)19-24)31-14-16-32(17-15-31)28(35)23-4-5-23/h6-10,12,18-19,21,23H,4-5,11,13-17,20H2,1-3H3/t29-/m1/s1. The maximum Gasteiger partial charge on any atom is 0.225 e. The number of amides is 1. The Hall–Kier alpha value is -2.90. The number of hydrogen-bond donors (Lipinski definition) is 0. The van der Waals surface area contributed by atoms with Crippen molar-refractivity contribution in [3.05, 3.63) is 54.4 Å². The van der Waals surface area contributed by atoms with Crippen molar-refractivity contribution in [3.63, 3.8) is 0 Å². The van der Waals surface area contributed by atoms with E-state index in [9.17, 15) is 4.79 Å². The number of benzene rings is 1. The van der Waals surface area contributed by atoms with Gasteiger partial charge in [0.1, 0.15) is 5.60 Å². The second kappa shape index (κ2) is 9.20. The third kappa shape index (κ3) is 4.18. The van der Waals surface area contributed by atoms with Crippen LogP contribution in [0.2, 0.25) is 0 Å². The van der Waals surface area contributed by atoms with E-state index in [-0.39, 0.29) is 5.60 Å². The Morgan fingerprint density at radius 2 is 1.78 bits per heavy atom. The summed E-state index contributed by atoms with van der Waals surface area (Å²) in [4.78, 5) is 19.4. The van der Waals surface area contributed by atoms with E-state index in [1.54, 1.807) is 0 Å². The van der Waals surface area contributed by atoms with E-state index in [2.05, 4.69) is 76.2 Å². The molecular weight excluding hydrogens is 450 g/mol. The highest BCUT2D eigenvalue weighted by Gasteiger charge is 2.40. The molecule has 7 heteroatoms. The van der Waals surface area contributed by atoms with Crippen molar-refractivity contribution in [1.29, 1.82) is 0 Å². The van der Waals surface area contributed by atoms with E-state index < -0.39 is 0 Å². The number of carbonyl (C=O) groups is 1. The lowest BCUT2D eigenvalue weighted by Gasteiger charge is -2.36. The van der Waals surface area contributed by atoms with E-state index in [0.29, 0.717) is 17.9 Å². The lowest BCUT2D eigenvalue weighted by atomic mass is 9.91. The molecule has 3 fully saturated rings. The molecule has 0 unspecified atom stereocenters. The number of aromatic nitrogens is 2. The Morgan fingerprint density at radius 3 is 2.42 bits per heavy atom. The highest BCUT2D eigenvalue weighted by atomic mass is 16.5. The van der Waals surface area contributed by atoms with Crippen LogP contribution >= 0.6 is 0 Å². The Labute approximate surface area is 213 Å². The zero-order valence-corrected chi connectivity index (χ0v) is 21.7. The Balaban J connectivity index is 1.21. The Bertz CT molecular complexity index is 1240. The van der Waals surface area contributed by atoms with Crippen LogP contribution in [0.15, 0.2) is 48.8 Å². The largest absolute Gasteiger partial charge is 0.372 e. The molecule has 4 heterocycles. The summed E-state index contributed by atoms with van der Waals surface area (Å²) < 4.78 is 8.08. The molecule has 6 rings (SSSR count). The van der Waals surface area contributed by atoms with Crippen molar-refractivity contribution >= 4 is 17.1 Å². The van der Waals surface area contributed by atoms with Gasteiger partial charge >= 0.3 is 0 Å². The van der Waals surface area contributed by atoms with E-state index in [1.807, 2.05) is 17.8 Å². The zero-order valence-electron chi connectivity index (χ0n) is 21.7. The number of rotatable bonds is 6. The smallest absolute Gasteiger partial charge is 0.225 e. The maximum atomic E-state index is 12.5. The summed E-state index contributed by atoms with van der Waals surface area (Å²) in [6.45, 7) is 9.83. The lowest BCUT2D eigenvalue weighted by Crippen LogP contribution is -2.49. The normalized spacial score (nSPS) is 23.2. The number of carbonyl (C=O) groups excluding carboxylic acids is 1. The summed E-state index contributed by atoms with van der Waals surface area (Å²) in [5.41, 5.74) is 5.65. The quantitative estimate of drug-likeness (QED) is 0.526. The molecule has 2 aromatic heterocycles. The fraction of sp³-hybridized carbons (Fsp3) is 0.517. The van der Waals surface area contributed by atoms with Gasteiger partial charge in [-0.3, -0.25) is 9.69 Å². The Kier molecular flexibility index (Phi) is 6.00. The number of nitrogens with zero attached hydrogens (tertiary/aromatic N) is 5. The zero-order chi connectivity index (χ0) is 24.9. The molecule has 2 aliphatic heterocycles. The first-order valence-corrected chi connectivity index (χ1v) is 13.4. The highest BCUT2D eigenvalue weighted by Crippen LogP contribution is 2.38. The van der Waals surface area contributed by atoms with Gasteiger partial charge in [-0.05, 0) is 56.4 Å². The fourth-order valence-corrected chi connectivity index (χ4v) is 5.92. The summed E-state index contributed by atoms with van der Waals surface area (Å²) in [5.74, 6) is 0.651. The SMILES string of the molecule is CO[C@]1(c2ccc(-c3cc4c(N5CCN(C(=O)C6CC6)CC5)ccnn4c3)cc2)CCN(C(C)C)C1. The van der Waals surface area contributed by atoms with Crippen molar-refractivity contribution < 1.29 is 9.53 Å². The molecule has 0 radical (unpaired) electrons. The first-order valence-electron chi connectivity index (χ1n) is 13.4. The second-order valence-electron chi connectivity index (χ2n) is 11.0. The van der Waals surface area contributed by atoms with Crippen LogP contribution in [0.25, 0.3) is 16.6 Å². The molecule has 2 saturated heterocycles. The second-order valence-corrected chi connectivity index (χ2v) is 11.0. The minimum Gasteiger partial charge on any atom is -0.372 e. The Morgan fingerprint density at radius 1 is 1.03 bits per heavy atom. The minimum atomic E-state index is -0.230. The van der Waals surface area contributed by atoms with Crippen LogP contribution in [0, 0.1) is 5.92 Å². The molecule has 7 nitrogen and oxygen atoms in total. The number of methoxy groups -OCH3 is 1. The molecule has 1 aliphatic carbocycles. The number of fused-ring (bicyclic) bond motifs is 1. The van der Waals surface area contributed by atoms with E-state index in [1.165, 1.54) is 16.8 Å². The molecule has 190 valence electrons. The number of ether oxygens (including phenoxy) is 1. The molecule has 36 heavy (non-hydrogen) atoms. The monoisotopic (exact) mass is 487 g/mol. The van der Waals surface area contributed by atoms with Crippen LogP contribution < -0.4 is 4.90 Å². The van der Waals surface area contributed by atoms with Crippen LogP contribution in [0.1, 0.15) is 38.7 Å². The third-order valence-corrected chi connectivity index (χ3v) is 8.47. The van der Waals surface area contributed by atoms with Gasteiger partial charge in [0, 0.05) is 76.3 Å². The molecule has 3 aliphatic rings. The molecular formula is C29H37N5O2. The van der Waals surface area contributed by atoms with Gasteiger partial charge in [-0.25, -0.2) is 4.52 Å². The average molecular weight is 488 g/mol. The number of hydrogen-bond acceptors (Lipinski definition) is 5. The predicted molar refractivity (Wildman–Crippen MR) is 142 cm³/mol. The fourth-order valence-electron chi connectivity index (χ4n) is 5.92. The van der Waals surface area contributed by atoms with Gasteiger partial charge in [0.15, 0.2) is 0 Å². The summed E-state index contributed by atoms with van der Waals surface area (Å²) in [7, 11) is 1.84. The first-order chi connectivity index (χ1) is 17.5. The number of piperazine rings is 1. The van der Waals surface area contributed by atoms with Gasteiger partial charge < -0.3 is 14.5 Å². The van der Waals surface area contributed by atoms with Gasteiger partial charge in [0.25, 0.3) is 0 Å². The maximum absolute atomic E-state index is 12.5. The van der Waals surface area contributed by atoms with E-state index in [0.717, 1.165) is 69.6 Å². The molecule has 1 saturated carbocycles. The summed E-state index contributed by atoms with van der Waals surface area (Å²) in [5, 5.41) is 4.59. The van der Waals surface area contributed by atoms with Crippen molar-refractivity contribution in [2.45, 2.75) is 44.8 Å². The number of likely N-dealkylation sites (tertiary alicyclic amines) is 1. The van der Waals surface area contributed by atoms with Crippen LogP contribution in [0.4, 0.5) is 5.69 Å². The van der Waals surface area contributed by atoms with Crippen molar-refractivity contribution in [1.82, 2.24) is 19.4 Å². The summed E-state index contributed by atoms with van der Waals surface area (Å²) in [6, 6.07) is 13.8. The van der Waals surface area contributed by atoms with Gasteiger partial charge in [-0.1, -0.05) is 24.3 Å². The minimum absolute atomic E-state index is 0.230. The van der Waals surface area contributed by atoms with E-state index >= 15 is 0 Å². The van der Waals surface area contributed by atoms with Crippen LogP contribution in [0.3, 0.4) is 0 Å². The molecule has 0 bridgehead atoms. The van der Waals surface area contributed by atoms with Crippen molar-refractivity contribution in [2.75, 3.05) is 51.3 Å². The molecule has 0 spiro atoms. The average Bonchev–Trinajstić information content (AvgIpc) is 3.50. The van der Waals surface area contributed by atoms with Crippen LogP contribution in [0.5, 0.6) is 0 Å². The van der Waals surface area contributed by atoms with Crippen LogP contribution in [-0.2, 0) is 15.1 Å². The molecule has 1 atom stereocenters. The molecule has 1 aromatic carbocycles.